The maximum atomic E-state index is 12.9. The molecule has 1 aromatic carbocycles. The number of hydroxylamine groups is 3. The van der Waals surface area contributed by atoms with E-state index in [1.54, 1.807) is 16.8 Å². The van der Waals surface area contributed by atoms with Crippen LogP contribution in [-0.2, 0) is 25.8 Å². The summed E-state index contributed by atoms with van der Waals surface area (Å²) in [5, 5.41) is 1.41. The molecular weight excluding hydrogens is 452 g/mol. The zero-order valence-electron chi connectivity index (χ0n) is 20.9. The normalized spacial score (nSPS) is 26.1. The Morgan fingerprint density at radius 2 is 1.86 bits per heavy atom. The fraction of sp³-hybridized carbons (Fsp3) is 0.640. The summed E-state index contributed by atoms with van der Waals surface area (Å²) in [7, 11) is 1.72. The second-order valence-electron chi connectivity index (χ2n) is 10.5. The number of nitrogens with one attached hydrogen (secondary N) is 1. The van der Waals surface area contributed by atoms with Crippen LogP contribution in [0.5, 0.6) is 0 Å². The van der Waals surface area contributed by atoms with Gasteiger partial charge >= 0.3 is 12.1 Å². The first-order valence-electron chi connectivity index (χ1n) is 12.3. The molecule has 3 unspecified atom stereocenters. The third kappa shape index (κ3) is 6.05. The smallest absolute Gasteiger partial charge is 0.410 e. The lowest BCUT2D eigenvalue weighted by molar-refractivity contribution is -0.144. The van der Waals surface area contributed by atoms with Gasteiger partial charge in [0.2, 0.25) is 0 Å². The molecular formula is C25H36N4O6. The van der Waals surface area contributed by atoms with Crippen molar-refractivity contribution in [2.24, 2.45) is 0 Å². The summed E-state index contributed by atoms with van der Waals surface area (Å²) >= 11 is 0. The zero-order valence-corrected chi connectivity index (χ0v) is 20.9. The highest BCUT2D eigenvalue weighted by Gasteiger charge is 2.48. The molecule has 1 saturated carbocycles. The van der Waals surface area contributed by atoms with Crippen LogP contribution in [-0.4, -0.2) is 76.3 Å². The van der Waals surface area contributed by atoms with Crippen molar-refractivity contribution in [2.75, 3.05) is 13.6 Å². The van der Waals surface area contributed by atoms with Crippen LogP contribution in [0.15, 0.2) is 30.3 Å². The summed E-state index contributed by atoms with van der Waals surface area (Å²) < 4.78 is 5.44. The van der Waals surface area contributed by atoms with Gasteiger partial charge in [-0.15, -0.1) is 0 Å². The predicted octanol–water partition coefficient (Wildman–Crippen LogP) is 3.22. The molecule has 2 heterocycles. The minimum absolute atomic E-state index is 0.0160. The monoisotopic (exact) mass is 488 g/mol. The molecule has 4 atom stereocenters. The summed E-state index contributed by atoms with van der Waals surface area (Å²) in [5.74, 6) is -0.328. The molecule has 3 fully saturated rings. The molecule has 2 aliphatic heterocycles. The Morgan fingerprint density at radius 1 is 1.11 bits per heavy atom. The number of carbonyl (C=O) groups is 3. The average Bonchev–Trinajstić information content (AvgIpc) is 3.38. The lowest BCUT2D eigenvalue weighted by Crippen LogP contribution is -2.50. The van der Waals surface area contributed by atoms with Gasteiger partial charge in [-0.1, -0.05) is 30.3 Å². The Hall–Kier alpha value is -2.85. The number of amides is 4. The van der Waals surface area contributed by atoms with Crippen LogP contribution in [0, 0.1) is 0 Å². The number of hydrogen-bond acceptors (Lipinski definition) is 6. The minimum Gasteiger partial charge on any atom is -0.444 e. The molecule has 10 heteroatoms. The standard InChI is InChI=1S/C25H36N4O6/c1-25(2,3)34-24(32)27(4)18-10-12-20(14-18)35-26-22(30)21-13-11-19-15-28(21)23(31)29(19)33-16-17-8-6-5-7-9-17/h5-9,18-21H,10-16H2,1-4H3,(H,26,30)/t18?,19?,20?,21-/m0/s1. The third-order valence-electron chi connectivity index (χ3n) is 6.75. The van der Waals surface area contributed by atoms with Crippen molar-refractivity contribution in [3.05, 3.63) is 35.9 Å². The Morgan fingerprint density at radius 3 is 2.57 bits per heavy atom. The van der Waals surface area contributed by atoms with E-state index in [9.17, 15) is 14.4 Å². The number of ether oxygens (including phenoxy) is 1. The van der Waals surface area contributed by atoms with Crippen molar-refractivity contribution in [3.8, 4) is 0 Å². The molecule has 10 nitrogen and oxygen atoms in total. The molecule has 2 bridgehead atoms. The fourth-order valence-corrected chi connectivity index (χ4v) is 4.86. The van der Waals surface area contributed by atoms with Gasteiger partial charge < -0.3 is 14.5 Å². The van der Waals surface area contributed by atoms with E-state index in [2.05, 4.69) is 5.48 Å². The van der Waals surface area contributed by atoms with Crippen molar-refractivity contribution < 1.29 is 28.8 Å². The second-order valence-corrected chi connectivity index (χ2v) is 10.5. The van der Waals surface area contributed by atoms with Crippen LogP contribution in [0.3, 0.4) is 0 Å². The average molecular weight is 489 g/mol. The lowest BCUT2D eigenvalue weighted by Gasteiger charge is -2.29. The van der Waals surface area contributed by atoms with Crippen LogP contribution >= 0.6 is 0 Å². The molecule has 0 radical (unpaired) electrons. The van der Waals surface area contributed by atoms with Gasteiger partial charge in [0, 0.05) is 19.6 Å². The van der Waals surface area contributed by atoms with Crippen LogP contribution in [0.2, 0.25) is 0 Å². The number of benzene rings is 1. The number of fused-ring (bicyclic) bond motifs is 2. The Labute approximate surface area is 206 Å². The number of piperidine rings is 1. The molecule has 4 rings (SSSR count). The van der Waals surface area contributed by atoms with Gasteiger partial charge in [0.15, 0.2) is 0 Å². The predicted molar refractivity (Wildman–Crippen MR) is 127 cm³/mol. The molecule has 0 spiro atoms. The number of nitrogens with zero attached hydrogens (tertiary/aromatic N) is 3. The summed E-state index contributed by atoms with van der Waals surface area (Å²) in [5.41, 5.74) is 3.00. The Kier molecular flexibility index (Phi) is 7.51. The van der Waals surface area contributed by atoms with E-state index in [0.29, 0.717) is 38.8 Å². The third-order valence-corrected chi connectivity index (χ3v) is 6.75. The van der Waals surface area contributed by atoms with E-state index < -0.39 is 11.6 Å². The van der Waals surface area contributed by atoms with Crippen LogP contribution in [0.25, 0.3) is 0 Å². The molecule has 2 saturated heterocycles. The summed E-state index contributed by atoms with van der Waals surface area (Å²) in [6.07, 6.45) is 2.74. The molecule has 0 aromatic heterocycles. The van der Waals surface area contributed by atoms with Crippen molar-refractivity contribution in [1.29, 1.82) is 0 Å². The second kappa shape index (κ2) is 10.4. The zero-order chi connectivity index (χ0) is 25.2. The minimum atomic E-state index is -0.592. The van der Waals surface area contributed by atoms with E-state index >= 15 is 0 Å². The van der Waals surface area contributed by atoms with E-state index in [0.717, 1.165) is 12.0 Å². The number of hydrogen-bond donors (Lipinski definition) is 1. The van der Waals surface area contributed by atoms with E-state index in [1.807, 2.05) is 51.1 Å². The molecule has 192 valence electrons. The van der Waals surface area contributed by atoms with Crippen molar-refractivity contribution >= 4 is 18.0 Å². The highest BCUT2D eigenvalue weighted by Crippen LogP contribution is 2.31. The SMILES string of the molecule is CN(C(=O)OC(C)(C)C)C1CCC(ONC(=O)[C@@H]2CCC3CN2C(=O)N3OCc2ccccc2)C1. The highest BCUT2D eigenvalue weighted by molar-refractivity contribution is 5.88. The first-order chi connectivity index (χ1) is 16.6. The van der Waals surface area contributed by atoms with Gasteiger partial charge in [0.25, 0.3) is 5.91 Å². The summed E-state index contributed by atoms with van der Waals surface area (Å²) in [4.78, 5) is 52.8. The Bertz CT molecular complexity index is 920. The number of urea groups is 1. The lowest BCUT2D eigenvalue weighted by atomic mass is 10.0. The van der Waals surface area contributed by atoms with Gasteiger partial charge in [-0.2, -0.15) is 5.06 Å². The van der Waals surface area contributed by atoms with Crippen LogP contribution < -0.4 is 5.48 Å². The maximum absolute atomic E-state index is 12.9. The molecule has 1 aliphatic carbocycles. The first kappa shape index (κ1) is 25.2. The van der Waals surface area contributed by atoms with Gasteiger partial charge in [-0.05, 0) is 58.4 Å². The highest BCUT2D eigenvalue weighted by atomic mass is 16.7. The maximum Gasteiger partial charge on any atom is 0.410 e. The number of rotatable bonds is 7. The molecule has 35 heavy (non-hydrogen) atoms. The molecule has 4 amide bonds. The Balaban J connectivity index is 1.24. The van der Waals surface area contributed by atoms with Crippen molar-refractivity contribution in [1.82, 2.24) is 20.3 Å². The van der Waals surface area contributed by atoms with E-state index in [4.69, 9.17) is 14.4 Å². The largest absolute Gasteiger partial charge is 0.444 e. The molecule has 1 N–H and O–H groups in total. The van der Waals surface area contributed by atoms with Crippen molar-refractivity contribution in [3.63, 3.8) is 0 Å². The topological polar surface area (TPSA) is 101 Å². The molecule has 3 aliphatic rings. The van der Waals surface area contributed by atoms with Gasteiger partial charge in [0.1, 0.15) is 18.2 Å². The van der Waals surface area contributed by atoms with Gasteiger partial charge in [-0.25, -0.2) is 15.1 Å². The van der Waals surface area contributed by atoms with E-state index in [1.165, 1.54) is 5.06 Å². The summed E-state index contributed by atoms with van der Waals surface area (Å²) in [6, 6.07) is 8.71. The van der Waals surface area contributed by atoms with Crippen LogP contribution in [0.4, 0.5) is 9.59 Å². The van der Waals surface area contributed by atoms with Gasteiger partial charge in [-0.3, -0.25) is 14.5 Å². The quantitative estimate of drug-likeness (QED) is 0.592. The first-order valence-corrected chi connectivity index (χ1v) is 12.3. The fourth-order valence-electron chi connectivity index (χ4n) is 4.86. The molecule has 1 aromatic rings. The van der Waals surface area contributed by atoms with E-state index in [-0.39, 0.29) is 36.2 Å². The van der Waals surface area contributed by atoms with Crippen molar-refractivity contribution in [2.45, 2.75) is 89.3 Å². The van der Waals surface area contributed by atoms with Crippen LogP contribution in [0.1, 0.15) is 58.4 Å². The summed E-state index contributed by atoms with van der Waals surface area (Å²) in [6.45, 7) is 6.27. The number of carbonyl (C=O) groups excluding carboxylic acids is 3. The van der Waals surface area contributed by atoms with Gasteiger partial charge in [0.05, 0.1) is 12.1 Å².